The van der Waals surface area contributed by atoms with E-state index in [0.29, 0.717) is 0 Å². The smallest absolute Gasteiger partial charge is 0.0194 e. The largest absolute Gasteiger partial charge is 0.0669 e. The van der Waals surface area contributed by atoms with Crippen LogP contribution in [0.5, 0.6) is 0 Å². The summed E-state index contributed by atoms with van der Waals surface area (Å²) in [7, 11) is 0. The van der Waals surface area contributed by atoms with Crippen molar-refractivity contribution in [3.05, 3.63) is 33.4 Å². The van der Waals surface area contributed by atoms with E-state index < -0.39 is 0 Å². The van der Waals surface area contributed by atoms with Crippen LogP contribution >= 0.6 is 0 Å². The first-order chi connectivity index (χ1) is 8.45. The van der Waals surface area contributed by atoms with Crippen molar-refractivity contribution in [3.63, 3.8) is 0 Å². The number of fused-ring (bicyclic) bond motifs is 1. The lowest BCUT2D eigenvalue weighted by molar-refractivity contribution is 0.0890. The van der Waals surface area contributed by atoms with E-state index in [1.165, 1.54) is 11.1 Å². The zero-order chi connectivity index (χ0) is 15.0. The molecule has 0 aromatic heterocycles. The van der Waals surface area contributed by atoms with E-state index in [0.717, 1.165) is 0 Å². The SMILES string of the molecule is CC1=C(C)C2(C)C(C)=C(C)C(C)(C)C2(C)C(C)=C1C. The number of hydrogen-bond acceptors (Lipinski definition) is 0. The average molecular weight is 258 g/mol. The van der Waals surface area contributed by atoms with Crippen LogP contribution in [0.2, 0.25) is 0 Å². The van der Waals surface area contributed by atoms with Crippen molar-refractivity contribution >= 4 is 0 Å². The van der Waals surface area contributed by atoms with Crippen molar-refractivity contribution in [2.24, 2.45) is 16.2 Å². The van der Waals surface area contributed by atoms with E-state index in [-0.39, 0.29) is 16.2 Å². The Morgan fingerprint density at radius 3 is 1.42 bits per heavy atom. The molecule has 2 aliphatic carbocycles. The Morgan fingerprint density at radius 1 is 0.526 bits per heavy atom. The molecule has 2 atom stereocenters. The molecule has 0 heteroatoms. The zero-order valence-electron chi connectivity index (χ0n) is 14.5. The van der Waals surface area contributed by atoms with Crippen LogP contribution in [0.1, 0.15) is 69.2 Å². The van der Waals surface area contributed by atoms with Crippen LogP contribution in [0.3, 0.4) is 0 Å². The Hall–Kier alpha value is -0.780. The van der Waals surface area contributed by atoms with Gasteiger partial charge >= 0.3 is 0 Å². The molecule has 0 aromatic rings. The quantitative estimate of drug-likeness (QED) is 0.463. The molecule has 0 amide bonds. The van der Waals surface area contributed by atoms with Gasteiger partial charge in [-0.15, -0.1) is 0 Å². The third-order valence-corrected chi connectivity index (χ3v) is 7.69. The highest BCUT2D eigenvalue weighted by molar-refractivity contribution is 5.57. The highest BCUT2D eigenvalue weighted by atomic mass is 14.7. The molecule has 0 aromatic carbocycles. The third-order valence-electron chi connectivity index (χ3n) is 7.69. The molecule has 0 saturated heterocycles. The summed E-state index contributed by atoms with van der Waals surface area (Å²) in [5, 5.41) is 0. The Kier molecular flexibility index (Phi) is 2.81. The maximum Gasteiger partial charge on any atom is 0.0194 e. The lowest BCUT2D eigenvalue weighted by Crippen LogP contribution is -2.47. The monoisotopic (exact) mass is 258 g/mol. The molecule has 0 heterocycles. The van der Waals surface area contributed by atoms with Crippen LogP contribution in [0, 0.1) is 16.2 Å². The van der Waals surface area contributed by atoms with Gasteiger partial charge in [-0.05, 0) is 58.1 Å². The summed E-state index contributed by atoms with van der Waals surface area (Å²) in [5.41, 5.74) is 9.92. The van der Waals surface area contributed by atoms with Crippen molar-refractivity contribution in [2.75, 3.05) is 0 Å². The average Bonchev–Trinajstić information content (AvgIpc) is 2.47. The molecule has 0 fully saturated rings. The molecule has 2 aliphatic rings. The first kappa shape index (κ1) is 14.6. The minimum atomic E-state index is 0.175. The molecule has 0 spiro atoms. The van der Waals surface area contributed by atoms with Crippen LogP contribution in [-0.4, -0.2) is 0 Å². The third kappa shape index (κ3) is 1.22. The number of hydrogen-bond donors (Lipinski definition) is 0. The van der Waals surface area contributed by atoms with E-state index in [9.17, 15) is 0 Å². The molecule has 0 N–H and O–H groups in total. The first-order valence-corrected chi connectivity index (χ1v) is 7.50. The molecular formula is C19H30. The van der Waals surface area contributed by atoms with Crippen LogP contribution in [-0.2, 0) is 0 Å². The van der Waals surface area contributed by atoms with Gasteiger partial charge in [0.25, 0.3) is 0 Å². The van der Waals surface area contributed by atoms with Gasteiger partial charge in [-0.1, -0.05) is 50.0 Å². The molecule has 0 bridgehead atoms. The zero-order valence-corrected chi connectivity index (χ0v) is 14.5. The molecule has 19 heavy (non-hydrogen) atoms. The van der Waals surface area contributed by atoms with E-state index >= 15 is 0 Å². The molecule has 0 nitrogen and oxygen atoms in total. The van der Waals surface area contributed by atoms with Gasteiger partial charge in [0.05, 0.1) is 0 Å². The van der Waals surface area contributed by atoms with Gasteiger partial charge in [0, 0.05) is 10.8 Å². The van der Waals surface area contributed by atoms with Gasteiger partial charge in [0.2, 0.25) is 0 Å². The highest BCUT2D eigenvalue weighted by Gasteiger charge is 2.63. The van der Waals surface area contributed by atoms with E-state index in [2.05, 4.69) is 69.2 Å². The first-order valence-electron chi connectivity index (χ1n) is 7.50. The highest BCUT2D eigenvalue weighted by Crippen LogP contribution is 2.72. The summed E-state index contributed by atoms with van der Waals surface area (Å²) in [6.07, 6.45) is 0. The summed E-state index contributed by atoms with van der Waals surface area (Å²) < 4.78 is 0. The van der Waals surface area contributed by atoms with E-state index in [1.807, 2.05) is 0 Å². The number of allylic oxidation sites excluding steroid dienone is 6. The van der Waals surface area contributed by atoms with Gasteiger partial charge in [-0.25, -0.2) is 0 Å². The van der Waals surface area contributed by atoms with Crippen LogP contribution in [0.4, 0.5) is 0 Å². The van der Waals surface area contributed by atoms with E-state index in [4.69, 9.17) is 0 Å². The predicted octanol–water partition coefficient (Wildman–Crippen LogP) is 6.06. The van der Waals surface area contributed by atoms with Gasteiger partial charge in [0.1, 0.15) is 0 Å². The van der Waals surface area contributed by atoms with Gasteiger partial charge in [0.15, 0.2) is 0 Å². The standard InChI is InChI=1S/C19H30/c1-11-12(2)14(4)19(10)17(7,8)15(5)16(6)18(19,9)13(11)3/h1-10H3. The van der Waals surface area contributed by atoms with E-state index in [1.54, 1.807) is 22.3 Å². The summed E-state index contributed by atoms with van der Waals surface area (Å²) in [6, 6.07) is 0. The molecule has 2 rings (SSSR count). The van der Waals surface area contributed by atoms with Crippen molar-refractivity contribution < 1.29 is 0 Å². The molecule has 0 aliphatic heterocycles. The second-order valence-corrected chi connectivity index (χ2v) is 7.62. The van der Waals surface area contributed by atoms with Crippen molar-refractivity contribution in [1.82, 2.24) is 0 Å². The molecule has 106 valence electrons. The fraction of sp³-hybridized carbons (Fsp3) is 0.684. The lowest BCUT2D eigenvalue weighted by Gasteiger charge is -2.55. The maximum absolute atomic E-state index is 2.49. The second-order valence-electron chi connectivity index (χ2n) is 7.62. The fourth-order valence-corrected chi connectivity index (χ4v) is 5.03. The Bertz CT molecular complexity index is 551. The van der Waals surface area contributed by atoms with Crippen LogP contribution < -0.4 is 0 Å². The van der Waals surface area contributed by atoms with Crippen molar-refractivity contribution in [2.45, 2.75) is 69.2 Å². The lowest BCUT2D eigenvalue weighted by atomic mass is 9.48. The van der Waals surface area contributed by atoms with Gasteiger partial charge in [-0.3, -0.25) is 0 Å². The topological polar surface area (TPSA) is 0 Å². The Balaban J connectivity index is 2.94. The summed E-state index contributed by atoms with van der Waals surface area (Å²) >= 11 is 0. The summed E-state index contributed by atoms with van der Waals surface area (Å²) in [4.78, 5) is 0. The van der Waals surface area contributed by atoms with Crippen molar-refractivity contribution in [1.29, 1.82) is 0 Å². The van der Waals surface area contributed by atoms with Crippen LogP contribution in [0.25, 0.3) is 0 Å². The Labute approximate surface area is 119 Å². The molecule has 0 saturated carbocycles. The normalized spacial score (nSPS) is 38.2. The predicted molar refractivity (Wildman–Crippen MR) is 85.1 cm³/mol. The molecular weight excluding hydrogens is 228 g/mol. The number of rotatable bonds is 0. The minimum Gasteiger partial charge on any atom is -0.0669 e. The second kappa shape index (κ2) is 3.65. The molecule has 2 unspecified atom stereocenters. The Morgan fingerprint density at radius 2 is 0.947 bits per heavy atom. The molecule has 0 radical (unpaired) electrons. The van der Waals surface area contributed by atoms with Gasteiger partial charge in [-0.2, -0.15) is 0 Å². The van der Waals surface area contributed by atoms with Crippen molar-refractivity contribution in [3.8, 4) is 0 Å². The van der Waals surface area contributed by atoms with Crippen LogP contribution in [0.15, 0.2) is 33.4 Å². The maximum atomic E-state index is 2.49. The summed E-state index contributed by atoms with van der Waals surface area (Å²) in [5.74, 6) is 0. The fourth-order valence-electron chi connectivity index (χ4n) is 5.03. The minimum absolute atomic E-state index is 0.175. The van der Waals surface area contributed by atoms with Gasteiger partial charge < -0.3 is 0 Å². The summed E-state index contributed by atoms with van der Waals surface area (Å²) in [6.45, 7) is 23.8.